The minimum atomic E-state index is 0.141. The molecule has 2 fully saturated rings. The van der Waals surface area contributed by atoms with Crippen LogP contribution in [0.2, 0.25) is 0 Å². The van der Waals surface area contributed by atoms with E-state index in [1.165, 1.54) is 12.8 Å². The molecule has 0 radical (unpaired) electrons. The Kier molecular flexibility index (Phi) is 1.90. The molecular weight excluding hydrogens is 140 g/mol. The van der Waals surface area contributed by atoms with Crippen LogP contribution in [-0.2, 0) is 9.47 Å². The third-order valence-corrected chi connectivity index (χ3v) is 2.74. The molecular formula is C9H16O2. The molecule has 2 heteroatoms. The fourth-order valence-electron chi connectivity index (χ4n) is 1.94. The van der Waals surface area contributed by atoms with Gasteiger partial charge in [0.15, 0.2) is 6.29 Å². The van der Waals surface area contributed by atoms with Crippen LogP contribution in [0.15, 0.2) is 0 Å². The van der Waals surface area contributed by atoms with Crippen LogP contribution < -0.4 is 0 Å². The van der Waals surface area contributed by atoms with E-state index in [4.69, 9.17) is 9.47 Å². The molecule has 0 aliphatic carbocycles. The zero-order valence-electron chi connectivity index (χ0n) is 7.25. The summed E-state index contributed by atoms with van der Waals surface area (Å²) >= 11 is 0. The summed E-state index contributed by atoms with van der Waals surface area (Å²) < 4.78 is 11.2. The van der Waals surface area contributed by atoms with Crippen LogP contribution >= 0.6 is 0 Å². The highest BCUT2D eigenvalue weighted by atomic mass is 16.7. The minimum absolute atomic E-state index is 0.141. The molecule has 2 rings (SSSR count). The third kappa shape index (κ3) is 1.30. The highest BCUT2D eigenvalue weighted by molar-refractivity contribution is 4.82. The zero-order chi connectivity index (χ0) is 7.84. The summed E-state index contributed by atoms with van der Waals surface area (Å²) in [5.74, 6) is 1.34. The van der Waals surface area contributed by atoms with Crippen molar-refractivity contribution in [2.45, 2.75) is 39.1 Å². The van der Waals surface area contributed by atoms with Gasteiger partial charge >= 0.3 is 0 Å². The van der Waals surface area contributed by atoms with Crippen LogP contribution in [0.1, 0.15) is 26.7 Å². The van der Waals surface area contributed by atoms with E-state index in [2.05, 4.69) is 13.8 Å². The van der Waals surface area contributed by atoms with E-state index < -0.39 is 0 Å². The molecule has 3 atom stereocenters. The van der Waals surface area contributed by atoms with Crippen LogP contribution in [-0.4, -0.2) is 19.0 Å². The fourth-order valence-corrected chi connectivity index (χ4v) is 1.94. The Balaban J connectivity index is 1.94. The number of rotatable bonds is 1. The molecule has 0 amide bonds. The lowest BCUT2D eigenvalue weighted by Crippen LogP contribution is -2.17. The van der Waals surface area contributed by atoms with Crippen LogP contribution in [0.3, 0.4) is 0 Å². The summed E-state index contributed by atoms with van der Waals surface area (Å²) in [5.41, 5.74) is 0. The molecule has 0 unspecified atom stereocenters. The predicted octanol–water partition coefficient (Wildman–Crippen LogP) is 1.79. The second-order valence-corrected chi connectivity index (χ2v) is 3.94. The standard InChI is InChI=1S/C9H16O2/c1-6(2)8-5-7-3-4-10-9(7)11-8/h6-9H,3-5H2,1-2H3/t7-,8+,9+/m1/s1. The molecule has 0 aromatic heterocycles. The van der Waals surface area contributed by atoms with Gasteiger partial charge in [0.05, 0.1) is 12.7 Å². The maximum absolute atomic E-state index is 5.72. The monoisotopic (exact) mass is 156 g/mol. The van der Waals surface area contributed by atoms with E-state index in [0.29, 0.717) is 17.9 Å². The van der Waals surface area contributed by atoms with Gasteiger partial charge in [-0.2, -0.15) is 0 Å². The maximum atomic E-state index is 5.72. The summed E-state index contributed by atoms with van der Waals surface area (Å²) in [6.45, 7) is 5.33. The average Bonchev–Trinajstić information content (AvgIpc) is 2.40. The molecule has 0 N–H and O–H groups in total. The van der Waals surface area contributed by atoms with Crippen molar-refractivity contribution in [3.63, 3.8) is 0 Å². The van der Waals surface area contributed by atoms with Gasteiger partial charge in [0, 0.05) is 5.92 Å². The van der Waals surface area contributed by atoms with E-state index in [9.17, 15) is 0 Å². The summed E-state index contributed by atoms with van der Waals surface area (Å²) in [6, 6.07) is 0. The summed E-state index contributed by atoms with van der Waals surface area (Å²) in [6.07, 6.45) is 3.00. The molecule has 2 aliphatic rings. The highest BCUT2D eigenvalue weighted by Crippen LogP contribution is 2.37. The van der Waals surface area contributed by atoms with Gasteiger partial charge in [0.2, 0.25) is 0 Å². The fraction of sp³-hybridized carbons (Fsp3) is 1.00. The summed E-state index contributed by atoms with van der Waals surface area (Å²) in [7, 11) is 0. The van der Waals surface area contributed by atoms with Crippen molar-refractivity contribution >= 4 is 0 Å². The Morgan fingerprint density at radius 2 is 2.18 bits per heavy atom. The molecule has 0 aromatic rings. The van der Waals surface area contributed by atoms with Gasteiger partial charge in [-0.05, 0) is 18.8 Å². The number of ether oxygens (including phenoxy) is 2. The molecule has 0 aromatic carbocycles. The van der Waals surface area contributed by atoms with Crippen molar-refractivity contribution < 1.29 is 9.47 Å². The van der Waals surface area contributed by atoms with Crippen molar-refractivity contribution in [2.24, 2.45) is 11.8 Å². The van der Waals surface area contributed by atoms with Gasteiger partial charge < -0.3 is 9.47 Å². The number of fused-ring (bicyclic) bond motifs is 1. The van der Waals surface area contributed by atoms with E-state index in [-0.39, 0.29) is 6.29 Å². The molecule has 11 heavy (non-hydrogen) atoms. The molecule has 0 bridgehead atoms. The topological polar surface area (TPSA) is 18.5 Å². The molecule has 0 saturated carbocycles. The lowest BCUT2D eigenvalue weighted by Gasteiger charge is -2.15. The second-order valence-electron chi connectivity index (χ2n) is 3.94. The maximum Gasteiger partial charge on any atom is 0.160 e. The Hall–Kier alpha value is -0.0800. The average molecular weight is 156 g/mol. The van der Waals surface area contributed by atoms with Crippen molar-refractivity contribution in [3.8, 4) is 0 Å². The lowest BCUT2D eigenvalue weighted by atomic mass is 9.97. The Bertz CT molecular complexity index is 132. The normalized spacial score (nSPS) is 43.4. The molecule has 64 valence electrons. The predicted molar refractivity (Wildman–Crippen MR) is 42.2 cm³/mol. The minimum Gasteiger partial charge on any atom is -0.352 e. The number of hydrogen-bond donors (Lipinski definition) is 0. The van der Waals surface area contributed by atoms with Crippen molar-refractivity contribution in [1.82, 2.24) is 0 Å². The van der Waals surface area contributed by atoms with Gasteiger partial charge in [-0.3, -0.25) is 0 Å². The first-order valence-corrected chi connectivity index (χ1v) is 4.54. The van der Waals surface area contributed by atoms with E-state index in [1.807, 2.05) is 0 Å². The third-order valence-electron chi connectivity index (χ3n) is 2.74. The first kappa shape index (κ1) is 7.56. The van der Waals surface area contributed by atoms with Crippen LogP contribution in [0.5, 0.6) is 0 Å². The highest BCUT2D eigenvalue weighted by Gasteiger charge is 2.40. The summed E-state index contributed by atoms with van der Waals surface area (Å²) in [5, 5.41) is 0. The van der Waals surface area contributed by atoms with E-state index in [1.54, 1.807) is 0 Å². The lowest BCUT2D eigenvalue weighted by molar-refractivity contribution is -0.125. The molecule has 2 heterocycles. The van der Waals surface area contributed by atoms with Gasteiger partial charge in [0.1, 0.15) is 0 Å². The van der Waals surface area contributed by atoms with Crippen LogP contribution in [0.25, 0.3) is 0 Å². The second kappa shape index (κ2) is 2.76. The Morgan fingerprint density at radius 1 is 1.36 bits per heavy atom. The van der Waals surface area contributed by atoms with Crippen molar-refractivity contribution in [2.75, 3.05) is 6.61 Å². The molecule has 0 spiro atoms. The smallest absolute Gasteiger partial charge is 0.160 e. The van der Waals surface area contributed by atoms with E-state index in [0.717, 1.165) is 6.61 Å². The zero-order valence-corrected chi connectivity index (χ0v) is 7.25. The van der Waals surface area contributed by atoms with Gasteiger partial charge in [-0.15, -0.1) is 0 Å². The Morgan fingerprint density at radius 3 is 2.82 bits per heavy atom. The first-order chi connectivity index (χ1) is 5.27. The molecule has 2 aliphatic heterocycles. The van der Waals surface area contributed by atoms with Gasteiger partial charge in [0.25, 0.3) is 0 Å². The molecule has 2 nitrogen and oxygen atoms in total. The van der Waals surface area contributed by atoms with Gasteiger partial charge in [-0.25, -0.2) is 0 Å². The van der Waals surface area contributed by atoms with Crippen LogP contribution in [0, 0.1) is 11.8 Å². The van der Waals surface area contributed by atoms with Gasteiger partial charge in [-0.1, -0.05) is 13.8 Å². The largest absolute Gasteiger partial charge is 0.352 e. The quantitative estimate of drug-likeness (QED) is 0.576. The SMILES string of the molecule is CC(C)[C@@H]1C[C@H]2CCO[C@H]2O1. The van der Waals surface area contributed by atoms with Crippen molar-refractivity contribution in [1.29, 1.82) is 0 Å². The van der Waals surface area contributed by atoms with Crippen molar-refractivity contribution in [3.05, 3.63) is 0 Å². The first-order valence-electron chi connectivity index (χ1n) is 4.54. The number of hydrogen-bond acceptors (Lipinski definition) is 2. The Labute approximate surface area is 67.9 Å². The van der Waals surface area contributed by atoms with E-state index >= 15 is 0 Å². The summed E-state index contributed by atoms with van der Waals surface area (Å²) in [4.78, 5) is 0. The molecule has 2 saturated heterocycles. The van der Waals surface area contributed by atoms with Crippen LogP contribution in [0.4, 0.5) is 0 Å².